The lowest BCUT2D eigenvalue weighted by Crippen LogP contribution is -2.32. The third-order valence-corrected chi connectivity index (χ3v) is 6.48. The number of nitrogens with one attached hydrogen (secondary N) is 2. The Labute approximate surface area is 119 Å². The van der Waals surface area contributed by atoms with Crippen LogP contribution in [0.3, 0.4) is 0 Å². The van der Waals surface area contributed by atoms with Gasteiger partial charge in [-0.1, -0.05) is 6.92 Å². The fourth-order valence-electron chi connectivity index (χ4n) is 2.15. The second-order valence-corrected chi connectivity index (χ2v) is 9.02. The SMILES string of the molecule is CC(CCNS(=O)(=O)CCC1CCNCC1)S(C)=O. The van der Waals surface area contributed by atoms with Crippen LogP contribution < -0.4 is 10.0 Å². The summed E-state index contributed by atoms with van der Waals surface area (Å²) in [4.78, 5) is 0. The molecule has 5 nitrogen and oxygen atoms in total. The molecule has 2 unspecified atom stereocenters. The molecule has 2 N–H and O–H groups in total. The van der Waals surface area contributed by atoms with Crippen molar-refractivity contribution in [3.05, 3.63) is 0 Å². The molecule has 2 atom stereocenters. The number of piperidine rings is 1. The van der Waals surface area contributed by atoms with E-state index in [-0.39, 0.29) is 11.0 Å². The van der Waals surface area contributed by atoms with Crippen LogP contribution >= 0.6 is 0 Å². The van der Waals surface area contributed by atoms with E-state index >= 15 is 0 Å². The molecule has 0 saturated carbocycles. The molecule has 0 aromatic carbocycles. The molecule has 0 radical (unpaired) electrons. The van der Waals surface area contributed by atoms with Crippen molar-refractivity contribution in [2.75, 3.05) is 31.6 Å². The lowest BCUT2D eigenvalue weighted by molar-refractivity contribution is 0.365. The highest BCUT2D eigenvalue weighted by Crippen LogP contribution is 2.16. The Kier molecular flexibility index (Phi) is 7.49. The molecule has 1 aliphatic rings. The van der Waals surface area contributed by atoms with Gasteiger partial charge in [0.15, 0.2) is 0 Å². The Bertz CT molecular complexity index is 378. The summed E-state index contributed by atoms with van der Waals surface area (Å²) in [6.45, 7) is 4.25. The number of rotatable bonds is 8. The van der Waals surface area contributed by atoms with E-state index in [1.807, 2.05) is 6.92 Å². The molecule has 1 aliphatic heterocycles. The normalized spacial score (nSPS) is 21.2. The molecule has 1 rings (SSSR count). The van der Waals surface area contributed by atoms with Gasteiger partial charge in [0.05, 0.1) is 5.75 Å². The highest BCUT2D eigenvalue weighted by molar-refractivity contribution is 7.89. The van der Waals surface area contributed by atoms with Crippen molar-refractivity contribution >= 4 is 20.8 Å². The second kappa shape index (κ2) is 8.34. The zero-order valence-corrected chi connectivity index (χ0v) is 13.5. The summed E-state index contributed by atoms with van der Waals surface area (Å²) in [5, 5.41) is 3.31. The monoisotopic (exact) mass is 310 g/mol. The lowest BCUT2D eigenvalue weighted by Gasteiger charge is -2.22. The van der Waals surface area contributed by atoms with Crippen molar-refractivity contribution in [1.82, 2.24) is 10.0 Å². The molecule has 0 aromatic heterocycles. The van der Waals surface area contributed by atoms with Crippen LogP contribution in [0.4, 0.5) is 0 Å². The molecule has 1 saturated heterocycles. The third-order valence-electron chi connectivity index (χ3n) is 3.69. The summed E-state index contributed by atoms with van der Waals surface area (Å²) in [6, 6.07) is 0. The van der Waals surface area contributed by atoms with Crippen LogP contribution in [0.25, 0.3) is 0 Å². The molecule has 0 bridgehead atoms. The van der Waals surface area contributed by atoms with E-state index in [4.69, 9.17) is 0 Å². The van der Waals surface area contributed by atoms with Crippen molar-refractivity contribution in [1.29, 1.82) is 0 Å². The first-order valence-corrected chi connectivity index (χ1v) is 10.2. The van der Waals surface area contributed by atoms with Crippen LogP contribution in [-0.4, -0.2) is 49.5 Å². The molecule has 0 aliphatic carbocycles. The minimum absolute atomic E-state index is 0.0344. The number of hydrogen-bond acceptors (Lipinski definition) is 4. The molecule has 114 valence electrons. The van der Waals surface area contributed by atoms with Crippen LogP contribution in [0.1, 0.15) is 32.6 Å². The molecule has 19 heavy (non-hydrogen) atoms. The van der Waals surface area contributed by atoms with Crippen molar-refractivity contribution in [3.8, 4) is 0 Å². The van der Waals surface area contributed by atoms with E-state index in [1.54, 1.807) is 6.26 Å². The first-order chi connectivity index (χ1) is 8.91. The largest absolute Gasteiger partial charge is 0.317 e. The van der Waals surface area contributed by atoms with Gasteiger partial charge >= 0.3 is 0 Å². The van der Waals surface area contributed by atoms with Gasteiger partial charge < -0.3 is 5.32 Å². The minimum Gasteiger partial charge on any atom is -0.317 e. The molecule has 1 fully saturated rings. The van der Waals surface area contributed by atoms with Crippen LogP contribution in [0.5, 0.6) is 0 Å². The fourth-order valence-corrected chi connectivity index (χ4v) is 3.81. The van der Waals surface area contributed by atoms with Crippen LogP contribution in [0.15, 0.2) is 0 Å². The molecular weight excluding hydrogens is 284 g/mol. The van der Waals surface area contributed by atoms with Crippen LogP contribution in [0.2, 0.25) is 0 Å². The molecule has 0 spiro atoms. The zero-order valence-electron chi connectivity index (χ0n) is 11.9. The summed E-state index contributed by atoms with van der Waals surface area (Å²) in [5.41, 5.74) is 0. The molecule has 1 heterocycles. The van der Waals surface area contributed by atoms with E-state index in [2.05, 4.69) is 10.0 Å². The summed E-state index contributed by atoms with van der Waals surface area (Å²) in [7, 11) is -4.06. The van der Waals surface area contributed by atoms with Crippen molar-refractivity contribution in [3.63, 3.8) is 0 Å². The molecule has 0 amide bonds. The maximum Gasteiger partial charge on any atom is 0.211 e. The van der Waals surface area contributed by atoms with Gasteiger partial charge in [-0.25, -0.2) is 13.1 Å². The van der Waals surface area contributed by atoms with E-state index in [9.17, 15) is 12.6 Å². The van der Waals surface area contributed by atoms with Crippen molar-refractivity contribution < 1.29 is 12.6 Å². The maximum atomic E-state index is 11.8. The van der Waals surface area contributed by atoms with E-state index in [0.29, 0.717) is 18.9 Å². The first kappa shape index (κ1) is 17.1. The Morgan fingerprint density at radius 2 is 2.00 bits per heavy atom. The van der Waals surface area contributed by atoms with Crippen LogP contribution in [0, 0.1) is 5.92 Å². The van der Waals surface area contributed by atoms with Gasteiger partial charge in [-0.2, -0.15) is 0 Å². The summed E-state index contributed by atoms with van der Waals surface area (Å²) < 4.78 is 37.4. The smallest absolute Gasteiger partial charge is 0.211 e. The Morgan fingerprint density at radius 3 is 2.58 bits per heavy atom. The van der Waals surface area contributed by atoms with E-state index in [1.165, 1.54) is 0 Å². The maximum absolute atomic E-state index is 11.8. The van der Waals surface area contributed by atoms with Gasteiger partial charge in [0, 0.05) is 28.9 Å². The lowest BCUT2D eigenvalue weighted by atomic mass is 9.96. The summed E-state index contributed by atoms with van der Waals surface area (Å²) in [5.74, 6) is 0.737. The Balaban J connectivity index is 2.21. The topological polar surface area (TPSA) is 75.3 Å². The highest BCUT2D eigenvalue weighted by atomic mass is 32.2. The van der Waals surface area contributed by atoms with Crippen LogP contribution in [-0.2, 0) is 20.8 Å². The number of sulfonamides is 1. The molecular formula is C12H26N2O3S2. The number of hydrogen-bond donors (Lipinski definition) is 2. The zero-order chi connectivity index (χ0) is 14.3. The Morgan fingerprint density at radius 1 is 1.37 bits per heavy atom. The standard InChI is InChI=1S/C12H26N2O3S2/c1-11(18(2)15)3-9-14-19(16,17)10-6-12-4-7-13-8-5-12/h11-14H,3-10H2,1-2H3. The second-order valence-electron chi connectivity index (χ2n) is 5.29. The molecule has 7 heteroatoms. The predicted octanol–water partition coefficient (Wildman–Crippen LogP) is 0.453. The van der Waals surface area contributed by atoms with Gasteiger partial charge in [-0.05, 0) is 44.7 Å². The van der Waals surface area contributed by atoms with E-state index < -0.39 is 20.8 Å². The summed E-state index contributed by atoms with van der Waals surface area (Å²) in [6.07, 6.45) is 5.15. The quantitative estimate of drug-likeness (QED) is 0.683. The van der Waals surface area contributed by atoms with Crippen molar-refractivity contribution in [2.24, 2.45) is 5.92 Å². The van der Waals surface area contributed by atoms with Gasteiger partial charge in [0.2, 0.25) is 10.0 Å². The minimum atomic E-state index is -3.17. The first-order valence-electron chi connectivity index (χ1n) is 6.91. The predicted molar refractivity (Wildman–Crippen MR) is 80.1 cm³/mol. The van der Waals surface area contributed by atoms with Gasteiger partial charge in [0.25, 0.3) is 0 Å². The molecule has 0 aromatic rings. The Hall–Kier alpha value is 0.0200. The van der Waals surface area contributed by atoms with Gasteiger partial charge in [-0.15, -0.1) is 0 Å². The van der Waals surface area contributed by atoms with E-state index in [0.717, 1.165) is 32.4 Å². The van der Waals surface area contributed by atoms with Crippen molar-refractivity contribution in [2.45, 2.75) is 37.9 Å². The summed E-state index contributed by atoms with van der Waals surface area (Å²) >= 11 is 0. The van der Waals surface area contributed by atoms with Gasteiger partial charge in [0.1, 0.15) is 0 Å². The average Bonchev–Trinajstić information content (AvgIpc) is 2.37. The van der Waals surface area contributed by atoms with Gasteiger partial charge in [-0.3, -0.25) is 4.21 Å². The highest BCUT2D eigenvalue weighted by Gasteiger charge is 2.17. The third kappa shape index (κ3) is 7.39. The average molecular weight is 310 g/mol. The fraction of sp³-hybridized carbons (Fsp3) is 1.00.